The SMILES string of the molecule is CCn1ncc(N)c1C(=O)NC(C)CN(C)C. The van der Waals surface area contributed by atoms with Gasteiger partial charge in [0.05, 0.1) is 11.9 Å². The predicted molar refractivity (Wildman–Crippen MR) is 67.8 cm³/mol. The highest BCUT2D eigenvalue weighted by molar-refractivity contribution is 5.97. The van der Waals surface area contributed by atoms with Crippen LogP contribution in [-0.4, -0.2) is 47.3 Å². The van der Waals surface area contributed by atoms with Gasteiger partial charge in [0.15, 0.2) is 0 Å². The lowest BCUT2D eigenvalue weighted by Crippen LogP contribution is -2.40. The van der Waals surface area contributed by atoms with Gasteiger partial charge >= 0.3 is 0 Å². The van der Waals surface area contributed by atoms with Gasteiger partial charge in [-0.2, -0.15) is 5.10 Å². The maximum absolute atomic E-state index is 12.0. The summed E-state index contributed by atoms with van der Waals surface area (Å²) in [6, 6.07) is 0.0668. The Bertz CT molecular complexity index is 385. The zero-order valence-corrected chi connectivity index (χ0v) is 10.9. The molecule has 0 radical (unpaired) electrons. The number of nitrogens with zero attached hydrogens (tertiary/aromatic N) is 3. The molecule has 0 spiro atoms. The Balaban J connectivity index is 2.72. The number of nitrogens with two attached hydrogens (primary N) is 1. The average Bonchev–Trinajstić information content (AvgIpc) is 2.57. The number of hydrogen-bond donors (Lipinski definition) is 2. The number of aryl methyl sites for hydroxylation is 1. The minimum Gasteiger partial charge on any atom is -0.396 e. The highest BCUT2D eigenvalue weighted by Crippen LogP contribution is 2.10. The molecular weight excluding hydrogens is 218 g/mol. The van der Waals surface area contributed by atoms with Crippen LogP contribution in [0.1, 0.15) is 24.3 Å². The van der Waals surface area contributed by atoms with Gasteiger partial charge in [0.1, 0.15) is 5.69 Å². The first-order chi connectivity index (χ1) is 7.95. The second kappa shape index (κ2) is 5.67. The molecule has 1 rings (SSSR count). The highest BCUT2D eigenvalue weighted by Gasteiger charge is 2.17. The van der Waals surface area contributed by atoms with Crippen LogP contribution in [0.5, 0.6) is 0 Å². The Morgan fingerprint density at radius 2 is 2.29 bits per heavy atom. The molecule has 0 aliphatic rings. The molecule has 6 nitrogen and oxygen atoms in total. The number of nitrogen functional groups attached to an aromatic ring is 1. The number of carbonyl (C=O) groups excluding carboxylic acids is 1. The second-order valence-corrected chi connectivity index (χ2v) is 4.40. The predicted octanol–water partition coefficient (Wildman–Crippen LogP) is 0.165. The third kappa shape index (κ3) is 3.45. The summed E-state index contributed by atoms with van der Waals surface area (Å²) < 4.78 is 1.60. The molecule has 1 aromatic heterocycles. The van der Waals surface area contributed by atoms with E-state index in [1.165, 1.54) is 6.20 Å². The van der Waals surface area contributed by atoms with Gasteiger partial charge in [0.25, 0.3) is 5.91 Å². The molecule has 1 atom stereocenters. The highest BCUT2D eigenvalue weighted by atomic mass is 16.2. The molecule has 1 heterocycles. The normalized spacial score (nSPS) is 12.8. The molecule has 17 heavy (non-hydrogen) atoms. The smallest absolute Gasteiger partial charge is 0.271 e. The third-order valence-electron chi connectivity index (χ3n) is 2.40. The van der Waals surface area contributed by atoms with Crippen LogP contribution >= 0.6 is 0 Å². The first-order valence-electron chi connectivity index (χ1n) is 5.72. The largest absolute Gasteiger partial charge is 0.396 e. The number of anilines is 1. The molecule has 0 saturated carbocycles. The van der Waals surface area contributed by atoms with E-state index in [0.717, 1.165) is 6.54 Å². The molecule has 0 aliphatic carbocycles. The van der Waals surface area contributed by atoms with Crippen LogP contribution in [0.15, 0.2) is 6.20 Å². The summed E-state index contributed by atoms with van der Waals surface area (Å²) in [7, 11) is 3.93. The Morgan fingerprint density at radius 1 is 1.65 bits per heavy atom. The molecule has 0 fully saturated rings. The zero-order valence-electron chi connectivity index (χ0n) is 10.9. The van der Waals surface area contributed by atoms with Crippen LogP contribution in [0.25, 0.3) is 0 Å². The number of amides is 1. The summed E-state index contributed by atoms with van der Waals surface area (Å²) in [6.45, 7) is 5.29. The maximum Gasteiger partial charge on any atom is 0.271 e. The minimum absolute atomic E-state index is 0.0668. The summed E-state index contributed by atoms with van der Waals surface area (Å²) in [5, 5.41) is 6.95. The number of likely N-dealkylation sites (N-methyl/N-ethyl adjacent to an activating group) is 1. The number of nitrogens with one attached hydrogen (secondary N) is 1. The van der Waals surface area contributed by atoms with E-state index in [1.54, 1.807) is 4.68 Å². The Labute approximate surface area is 102 Å². The monoisotopic (exact) mass is 239 g/mol. The van der Waals surface area contributed by atoms with Crippen LogP contribution < -0.4 is 11.1 Å². The molecule has 6 heteroatoms. The van der Waals surface area contributed by atoms with E-state index in [0.29, 0.717) is 17.9 Å². The van der Waals surface area contributed by atoms with E-state index >= 15 is 0 Å². The van der Waals surface area contributed by atoms with Crippen molar-refractivity contribution in [2.24, 2.45) is 0 Å². The lowest BCUT2D eigenvalue weighted by Gasteiger charge is -2.18. The van der Waals surface area contributed by atoms with Crippen molar-refractivity contribution in [2.75, 3.05) is 26.4 Å². The quantitative estimate of drug-likeness (QED) is 0.767. The van der Waals surface area contributed by atoms with Gasteiger partial charge in [0, 0.05) is 19.1 Å². The molecule has 1 amide bonds. The third-order valence-corrected chi connectivity index (χ3v) is 2.40. The molecule has 0 saturated heterocycles. The average molecular weight is 239 g/mol. The van der Waals surface area contributed by atoms with Gasteiger partial charge in [0.2, 0.25) is 0 Å². The number of hydrogen-bond acceptors (Lipinski definition) is 4. The van der Waals surface area contributed by atoms with Crippen LogP contribution in [0.3, 0.4) is 0 Å². The summed E-state index contributed by atoms with van der Waals surface area (Å²) in [4.78, 5) is 14.0. The van der Waals surface area contributed by atoms with Crippen molar-refractivity contribution < 1.29 is 4.79 Å². The first kappa shape index (κ1) is 13.5. The van der Waals surface area contributed by atoms with Crippen molar-refractivity contribution in [3.8, 4) is 0 Å². The lowest BCUT2D eigenvalue weighted by molar-refractivity contribution is 0.0924. The van der Waals surface area contributed by atoms with Crippen LogP contribution in [0, 0.1) is 0 Å². The topological polar surface area (TPSA) is 76.2 Å². The van der Waals surface area contributed by atoms with Crippen molar-refractivity contribution in [3.63, 3.8) is 0 Å². The van der Waals surface area contributed by atoms with Gasteiger partial charge in [-0.25, -0.2) is 0 Å². The molecular formula is C11H21N5O. The zero-order chi connectivity index (χ0) is 13.0. The van der Waals surface area contributed by atoms with Crippen molar-refractivity contribution in [1.82, 2.24) is 20.0 Å². The molecule has 1 unspecified atom stereocenters. The fourth-order valence-electron chi connectivity index (χ4n) is 1.77. The molecule has 1 aromatic rings. The molecule has 0 bridgehead atoms. The van der Waals surface area contributed by atoms with Gasteiger partial charge < -0.3 is 16.0 Å². The van der Waals surface area contributed by atoms with Gasteiger partial charge in [-0.15, -0.1) is 0 Å². The molecule has 0 aromatic carbocycles. The summed E-state index contributed by atoms with van der Waals surface area (Å²) in [5.74, 6) is -0.170. The maximum atomic E-state index is 12.0. The Morgan fingerprint density at radius 3 is 2.82 bits per heavy atom. The number of aromatic nitrogens is 2. The van der Waals surface area contributed by atoms with Gasteiger partial charge in [-0.3, -0.25) is 9.48 Å². The molecule has 96 valence electrons. The van der Waals surface area contributed by atoms with E-state index in [1.807, 2.05) is 32.8 Å². The van der Waals surface area contributed by atoms with E-state index in [4.69, 9.17) is 5.73 Å². The van der Waals surface area contributed by atoms with Crippen molar-refractivity contribution in [2.45, 2.75) is 26.4 Å². The summed E-state index contributed by atoms with van der Waals surface area (Å²) in [5.41, 5.74) is 6.60. The first-order valence-corrected chi connectivity index (χ1v) is 5.72. The lowest BCUT2D eigenvalue weighted by atomic mass is 10.2. The van der Waals surface area contributed by atoms with E-state index < -0.39 is 0 Å². The number of carbonyl (C=O) groups is 1. The second-order valence-electron chi connectivity index (χ2n) is 4.40. The van der Waals surface area contributed by atoms with E-state index in [-0.39, 0.29) is 11.9 Å². The van der Waals surface area contributed by atoms with Crippen LogP contribution in [0.2, 0.25) is 0 Å². The van der Waals surface area contributed by atoms with E-state index in [9.17, 15) is 4.79 Å². The Kier molecular flexibility index (Phi) is 4.51. The van der Waals surface area contributed by atoms with Gasteiger partial charge in [-0.1, -0.05) is 0 Å². The fraction of sp³-hybridized carbons (Fsp3) is 0.636. The van der Waals surface area contributed by atoms with Crippen molar-refractivity contribution in [1.29, 1.82) is 0 Å². The minimum atomic E-state index is -0.170. The van der Waals surface area contributed by atoms with Gasteiger partial charge in [-0.05, 0) is 27.9 Å². The fourth-order valence-corrected chi connectivity index (χ4v) is 1.77. The summed E-state index contributed by atoms with van der Waals surface area (Å²) >= 11 is 0. The number of rotatable bonds is 5. The Hall–Kier alpha value is -1.56. The van der Waals surface area contributed by atoms with Crippen LogP contribution in [0.4, 0.5) is 5.69 Å². The summed E-state index contributed by atoms with van der Waals surface area (Å²) in [6.07, 6.45) is 1.51. The molecule has 0 aliphatic heterocycles. The van der Waals surface area contributed by atoms with Crippen LogP contribution in [-0.2, 0) is 6.54 Å². The standard InChI is InChI=1S/C11H21N5O/c1-5-16-10(9(12)6-13-16)11(17)14-8(2)7-15(3)4/h6,8H,5,7,12H2,1-4H3,(H,14,17). The van der Waals surface area contributed by atoms with E-state index in [2.05, 4.69) is 10.4 Å². The van der Waals surface area contributed by atoms with Crippen molar-refractivity contribution in [3.05, 3.63) is 11.9 Å². The van der Waals surface area contributed by atoms with Crippen molar-refractivity contribution >= 4 is 11.6 Å². The molecule has 3 N–H and O–H groups in total.